The molecule has 0 bridgehead atoms. The lowest BCUT2D eigenvalue weighted by atomic mass is 10.2. The highest BCUT2D eigenvalue weighted by molar-refractivity contribution is 7.90. The van der Waals surface area contributed by atoms with E-state index in [4.69, 9.17) is 0 Å². The van der Waals surface area contributed by atoms with Gasteiger partial charge in [0, 0.05) is 13.6 Å². The van der Waals surface area contributed by atoms with Crippen molar-refractivity contribution in [3.63, 3.8) is 0 Å². The number of hydrogen-bond donors (Lipinski definition) is 2. The summed E-state index contributed by atoms with van der Waals surface area (Å²) in [5.41, 5.74) is 0.766. The lowest BCUT2D eigenvalue weighted by molar-refractivity contribution is 0.459. The Labute approximate surface area is 120 Å². The standard InChI is InChI=1S/C13H22FN3O2S/c1-4-15-8-5-9-17(3)20(18,19)16-13-10-11(2)6-7-12(13)14/h6-7,10,15-16H,4-5,8-9H2,1-3H3. The first-order valence-corrected chi connectivity index (χ1v) is 8.01. The van der Waals surface area contributed by atoms with Gasteiger partial charge < -0.3 is 5.32 Å². The Morgan fingerprint density at radius 2 is 2.05 bits per heavy atom. The smallest absolute Gasteiger partial charge is 0.301 e. The minimum atomic E-state index is -3.72. The van der Waals surface area contributed by atoms with Crippen LogP contribution in [0, 0.1) is 12.7 Å². The van der Waals surface area contributed by atoms with Crippen LogP contribution in [0.2, 0.25) is 0 Å². The second-order valence-electron chi connectivity index (χ2n) is 4.62. The zero-order valence-electron chi connectivity index (χ0n) is 12.1. The highest BCUT2D eigenvalue weighted by Crippen LogP contribution is 2.17. The summed E-state index contributed by atoms with van der Waals surface area (Å²) < 4.78 is 41.1. The third-order valence-electron chi connectivity index (χ3n) is 2.85. The zero-order valence-corrected chi connectivity index (χ0v) is 12.9. The summed E-state index contributed by atoms with van der Waals surface area (Å²) in [6.45, 7) is 5.73. The highest BCUT2D eigenvalue weighted by Gasteiger charge is 2.18. The number of hydrogen-bond acceptors (Lipinski definition) is 3. The Hall–Kier alpha value is -1.18. The van der Waals surface area contributed by atoms with E-state index in [0.717, 1.165) is 18.7 Å². The van der Waals surface area contributed by atoms with E-state index in [2.05, 4.69) is 10.0 Å². The second kappa shape index (κ2) is 7.56. The Kier molecular flexibility index (Phi) is 6.38. The largest absolute Gasteiger partial charge is 0.317 e. The molecule has 0 fully saturated rings. The number of aryl methyl sites for hydroxylation is 1. The van der Waals surface area contributed by atoms with Gasteiger partial charge in [-0.2, -0.15) is 12.7 Å². The van der Waals surface area contributed by atoms with E-state index < -0.39 is 16.0 Å². The molecule has 1 rings (SSSR count). The molecule has 0 atom stereocenters. The number of nitrogens with zero attached hydrogens (tertiary/aromatic N) is 1. The van der Waals surface area contributed by atoms with Gasteiger partial charge in [-0.3, -0.25) is 4.72 Å². The summed E-state index contributed by atoms with van der Waals surface area (Å²) in [6, 6.07) is 4.31. The van der Waals surface area contributed by atoms with Crippen molar-refractivity contribution >= 4 is 15.9 Å². The summed E-state index contributed by atoms with van der Waals surface area (Å²) >= 11 is 0. The molecule has 0 unspecified atom stereocenters. The van der Waals surface area contributed by atoms with Crippen molar-refractivity contribution in [2.75, 3.05) is 31.4 Å². The molecule has 1 aromatic rings. The number of halogens is 1. The third kappa shape index (κ3) is 5.07. The molecule has 0 saturated carbocycles. The van der Waals surface area contributed by atoms with Crippen LogP contribution in [0.1, 0.15) is 18.9 Å². The average molecular weight is 303 g/mol. The van der Waals surface area contributed by atoms with Crippen LogP contribution in [0.4, 0.5) is 10.1 Å². The fourth-order valence-electron chi connectivity index (χ4n) is 1.66. The summed E-state index contributed by atoms with van der Waals surface area (Å²) in [5, 5.41) is 3.12. The normalized spacial score (nSPS) is 11.8. The number of nitrogens with one attached hydrogen (secondary N) is 2. The predicted octanol–water partition coefficient (Wildman–Crippen LogP) is 1.72. The van der Waals surface area contributed by atoms with Crippen molar-refractivity contribution in [1.29, 1.82) is 0 Å². The lowest BCUT2D eigenvalue weighted by Crippen LogP contribution is -2.34. The molecule has 0 saturated heterocycles. The Morgan fingerprint density at radius 3 is 2.70 bits per heavy atom. The van der Waals surface area contributed by atoms with Gasteiger partial charge in [0.2, 0.25) is 0 Å². The summed E-state index contributed by atoms with van der Waals surface area (Å²) in [4.78, 5) is 0. The van der Waals surface area contributed by atoms with Gasteiger partial charge in [0.25, 0.3) is 0 Å². The quantitative estimate of drug-likeness (QED) is 0.719. The zero-order chi connectivity index (χ0) is 15.2. The van der Waals surface area contributed by atoms with Crippen LogP contribution in [0.25, 0.3) is 0 Å². The number of benzene rings is 1. The van der Waals surface area contributed by atoms with Gasteiger partial charge in [0.1, 0.15) is 5.82 Å². The molecule has 0 amide bonds. The molecule has 0 radical (unpaired) electrons. The van der Waals surface area contributed by atoms with Gasteiger partial charge in [0.05, 0.1) is 5.69 Å². The third-order valence-corrected chi connectivity index (χ3v) is 4.33. The Balaban J connectivity index is 2.66. The van der Waals surface area contributed by atoms with Gasteiger partial charge in [-0.1, -0.05) is 13.0 Å². The van der Waals surface area contributed by atoms with Gasteiger partial charge >= 0.3 is 10.2 Å². The van der Waals surface area contributed by atoms with Gasteiger partial charge in [-0.05, 0) is 44.1 Å². The van der Waals surface area contributed by atoms with Gasteiger partial charge in [-0.15, -0.1) is 0 Å². The van der Waals surface area contributed by atoms with Crippen molar-refractivity contribution in [2.24, 2.45) is 0 Å². The molecule has 0 aliphatic rings. The Bertz CT molecular complexity index is 534. The first-order chi connectivity index (χ1) is 9.36. The highest BCUT2D eigenvalue weighted by atomic mass is 32.2. The summed E-state index contributed by atoms with van der Waals surface area (Å²) in [6.07, 6.45) is 0.696. The van der Waals surface area contributed by atoms with E-state index in [-0.39, 0.29) is 5.69 Å². The van der Waals surface area contributed by atoms with E-state index in [1.54, 1.807) is 13.0 Å². The summed E-state index contributed by atoms with van der Waals surface area (Å²) in [7, 11) is -2.25. The summed E-state index contributed by atoms with van der Waals surface area (Å²) in [5.74, 6) is -0.583. The topological polar surface area (TPSA) is 61.4 Å². The molecule has 0 aliphatic heterocycles. The minimum absolute atomic E-state index is 0.0245. The monoisotopic (exact) mass is 303 g/mol. The molecular weight excluding hydrogens is 281 g/mol. The van der Waals surface area contributed by atoms with Crippen molar-refractivity contribution < 1.29 is 12.8 Å². The molecule has 0 heterocycles. The van der Waals surface area contributed by atoms with E-state index in [9.17, 15) is 12.8 Å². The Morgan fingerprint density at radius 1 is 1.35 bits per heavy atom. The molecule has 20 heavy (non-hydrogen) atoms. The molecule has 0 aromatic heterocycles. The molecule has 7 heteroatoms. The molecule has 114 valence electrons. The molecule has 0 aliphatic carbocycles. The van der Waals surface area contributed by atoms with E-state index in [0.29, 0.717) is 13.0 Å². The van der Waals surface area contributed by atoms with E-state index in [1.807, 2.05) is 6.92 Å². The van der Waals surface area contributed by atoms with E-state index >= 15 is 0 Å². The van der Waals surface area contributed by atoms with Crippen LogP contribution in [0.5, 0.6) is 0 Å². The van der Waals surface area contributed by atoms with Crippen molar-refractivity contribution in [2.45, 2.75) is 20.3 Å². The predicted molar refractivity (Wildman–Crippen MR) is 79.5 cm³/mol. The lowest BCUT2D eigenvalue weighted by Gasteiger charge is -2.18. The fourth-order valence-corrected chi connectivity index (χ4v) is 2.62. The van der Waals surface area contributed by atoms with Crippen molar-refractivity contribution in [3.05, 3.63) is 29.6 Å². The number of anilines is 1. The van der Waals surface area contributed by atoms with Crippen LogP contribution in [-0.4, -0.2) is 39.4 Å². The maximum Gasteiger partial charge on any atom is 0.301 e. The first kappa shape index (κ1) is 16.9. The minimum Gasteiger partial charge on any atom is -0.317 e. The van der Waals surface area contributed by atoms with Gasteiger partial charge in [-0.25, -0.2) is 4.39 Å². The fraction of sp³-hybridized carbons (Fsp3) is 0.538. The van der Waals surface area contributed by atoms with Crippen molar-refractivity contribution in [3.8, 4) is 0 Å². The van der Waals surface area contributed by atoms with E-state index in [1.165, 1.54) is 23.5 Å². The molecular formula is C13H22FN3O2S. The van der Waals surface area contributed by atoms with Crippen LogP contribution in [-0.2, 0) is 10.2 Å². The van der Waals surface area contributed by atoms with Crippen LogP contribution in [0.3, 0.4) is 0 Å². The second-order valence-corrected chi connectivity index (χ2v) is 6.40. The molecule has 0 spiro atoms. The first-order valence-electron chi connectivity index (χ1n) is 6.57. The number of rotatable bonds is 8. The molecule has 5 nitrogen and oxygen atoms in total. The molecule has 1 aromatic carbocycles. The van der Waals surface area contributed by atoms with Crippen LogP contribution < -0.4 is 10.0 Å². The molecule has 2 N–H and O–H groups in total. The van der Waals surface area contributed by atoms with Gasteiger partial charge in [0.15, 0.2) is 0 Å². The van der Waals surface area contributed by atoms with Crippen LogP contribution >= 0.6 is 0 Å². The SMILES string of the molecule is CCNCCCN(C)S(=O)(=O)Nc1cc(C)ccc1F. The van der Waals surface area contributed by atoms with Crippen molar-refractivity contribution in [1.82, 2.24) is 9.62 Å². The maximum atomic E-state index is 13.6. The maximum absolute atomic E-state index is 13.6. The van der Waals surface area contributed by atoms with Crippen LogP contribution in [0.15, 0.2) is 18.2 Å². The average Bonchev–Trinajstić information content (AvgIpc) is 2.38.